The zero-order valence-electron chi connectivity index (χ0n) is 15.2. The average molecular weight is 389 g/mol. The Morgan fingerprint density at radius 3 is 2.33 bits per heavy atom. The first-order valence-electron chi connectivity index (χ1n) is 9.21. The second kappa shape index (κ2) is 9.69. The second-order valence-electron chi connectivity index (χ2n) is 6.62. The normalized spacial score (nSPS) is 16.1. The molecule has 0 radical (unpaired) electrons. The molecule has 0 spiro atoms. The molecule has 0 bridgehead atoms. The van der Waals surface area contributed by atoms with Crippen molar-refractivity contribution in [3.05, 3.63) is 64.9 Å². The van der Waals surface area contributed by atoms with Gasteiger partial charge in [-0.25, -0.2) is 4.79 Å². The molecule has 2 N–H and O–H groups in total. The van der Waals surface area contributed by atoms with Gasteiger partial charge in [0.05, 0.1) is 6.04 Å². The van der Waals surface area contributed by atoms with E-state index in [4.69, 9.17) is 16.7 Å². The summed E-state index contributed by atoms with van der Waals surface area (Å²) in [4.78, 5) is 21.1. The lowest BCUT2D eigenvalue weighted by atomic mass is 10.00. The summed E-state index contributed by atoms with van der Waals surface area (Å²) in [7, 11) is 0. The molecule has 1 atom stereocenters. The number of aromatic nitrogens is 1. The Balaban J connectivity index is 1.67. The molecule has 1 fully saturated rings. The highest BCUT2D eigenvalue weighted by Crippen LogP contribution is 2.23. The van der Waals surface area contributed by atoms with Crippen molar-refractivity contribution in [3.63, 3.8) is 0 Å². The molecular formula is C20H25ClN4O2. The fourth-order valence-corrected chi connectivity index (χ4v) is 3.38. The van der Waals surface area contributed by atoms with Gasteiger partial charge in [0, 0.05) is 56.7 Å². The minimum Gasteiger partial charge on any atom is -0.396 e. The Morgan fingerprint density at radius 1 is 1.07 bits per heavy atom. The van der Waals surface area contributed by atoms with Crippen molar-refractivity contribution >= 4 is 17.6 Å². The molecule has 144 valence electrons. The fourth-order valence-electron chi connectivity index (χ4n) is 3.25. The van der Waals surface area contributed by atoms with E-state index in [1.165, 1.54) is 0 Å². The number of halogens is 1. The third-order valence-electron chi connectivity index (χ3n) is 4.80. The van der Waals surface area contributed by atoms with Gasteiger partial charge < -0.3 is 15.3 Å². The molecule has 2 heterocycles. The smallest absolute Gasteiger partial charge is 0.318 e. The van der Waals surface area contributed by atoms with Crippen LogP contribution in [0.4, 0.5) is 4.79 Å². The molecule has 1 aromatic heterocycles. The lowest BCUT2D eigenvalue weighted by Crippen LogP contribution is -2.52. The van der Waals surface area contributed by atoms with Gasteiger partial charge in [-0.05, 0) is 41.8 Å². The van der Waals surface area contributed by atoms with Crippen LogP contribution in [0.1, 0.15) is 23.6 Å². The average Bonchev–Trinajstić information content (AvgIpc) is 2.72. The third kappa shape index (κ3) is 5.42. The number of carbonyl (C=O) groups is 1. The van der Waals surface area contributed by atoms with Gasteiger partial charge in [-0.15, -0.1) is 0 Å². The maximum atomic E-state index is 12.9. The van der Waals surface area contributed by atoms with Crippen molar-refractivity contribution in [2.24, 2.45) is 0 Å². The van der Waals surface area contributed by atoms with Gasteiger partial charge in [-0.2, -0.15) is 0 Å². The SMILES string of the molecule is O=C(N[C@@H](c1ccncc1)c1ccc(Cl)cc1)N1CCN(CCCO)CC1. The van der Waals surface area contributed by atoms with Crippen LogP contribution in [-0.4, -0.2) is 65.3 Å². The second-order valence-corrected chi connectivity index (χ2v) is 7.06. The standard InChI is InChI=1S/C20H25ClN4O2/c21-18-4-2-16(3-5-18)19(17-6-8-22-9-7-17)23-20(27)25-13-11-24(12-14-25)10-1-15-26/h2-9,19,26H,1,10-15H2,(H,23,27)/t19-/m1/s1. The first-order chi connectivity index (χ1) is 13.2. The minimum absolute atomic E-state index is 0.0754. The molecule has 0 saturated carbocycles. The Morgan fingerprint density at radius 2 is 1.70 bits per heavy atom. The molecule has 6 nitrogen and oxygen atoms in total. The van der Waals surface area contributed by atoms with Crippen molar-refractivity contribution in [1.29, 1.82) is 0 Å². The number of rotatable bonds is 6. The molecule has 0 aliphatic carbocycles. The lowest BCUT2D eigenvalue weighted by molar-refractivity contribution is 0.131. The predicted molar refractivity (Wildman–Crippen MR) is 106 cm³/mol. The summed E-state index contributed by atoms with van der Waals surface area (Å²) in [6.45, 7) is 4.09. The van der Waals surface area contributed by atoms with Crippen LogP contribution in [0, 0.1) is 0 Å². The summed E-state index contributed by atoms with van der Waals surface area (Å²) in [5.41, 5.74) is 1.95. The Kier molecular flexibility index (Phi) is 7.04. The van der Waals surface area contributed by atoms with E-state index in [-0.39, 0.29) is 18.7 Å². The maximum absolute atomic E-state index is 12.9. The summed E-state index contributed by atoms with van der Waals surface area (Å²) in [5, 5.41) is 12.8. The molecule has 0 unspecified atom stereocenters. The van der Waals surface area contributed by atoms with Crippen LogP contribution in [0.2, 0.25) is 5.02 Å². The van der Waals surface area contributed by atoms with Crippen LogP contribution < -0.4 is 5.32 Å². The summed E-state index contributed by atoms with van der Waals surface area (Å²) < 4.78 is 0. The van der Waals surface area contributed by atoms with E-state index in [0.29, 0.717) is 18.1 Å². The molecule has 2 amide bonds. The predicted octanol–water partition coefficient (Wildman–Crippen LogP) is 2.53. The highest BCUT2D eigenvalue weighted by molar-refractivity contribution is 6.30. The van der Waals surface area contributed by atoms with Gasteiger partial charge in [0.1, 0.15) is 0 Å². The number of pyridine rings is 1. The van der Waals surface area contributed by atoms with Crippen LogP contribution in [-0.2, 0) is 0 Å². The Labute approximate surface area is 164 Å². The number of piperazine rings is 1. The fraction of sp³-hybridized carbons (Fsp3) is 0.400. The number of hydrogen-bond donors (Lipinski definition) is 2. The van der Waals surface area contributed by atoms with Crippen molar-refractivity contribution in [2.75, 3.05) is 39.3 Å². The van der Waals surface area contributed by atoms with Gasteiger partial charge in [0.25, 0.3) is 0 Å². The molecule has 1 aliphatic rings. The summed E-state index contributed by atoms with van der Waals surface area (Å²) in [6.07, 6.45) is 4.22. The van der Waals surface area contributed by atoms with Crippen LogP contribution >= 0.6 is 11.6 Å². The van der Waals surface area contributed by atoms with E-state index in [0.717, 1.165) is 37.2 Å². The number of aliphatic hydroxyl groups excluding tert-OH is 1. The number of nitrogens with one attached hydrogen (secondary N) is 1. The zero-order chi connectivity index (χ0) is 19.1. The lowest BCUT2D eigenvalue weighted by Gasteiger charge is -2.35. The van der Waals surface area contributed by atoms with Crippen molar-refractivity contribution in [1.82, 2.24) is 20.1 Å². The summed E-state index contributed by atoms with van der Waals surface area (Å²) in [6, 6.07) is 11.0. The highest BCUT2D eigenvalue weighted by atomic mass is 35.5. The number of benzene rings is 1. The topological polar surface area (TPSA) is 68.7 Å². The molecule has 27 heavy (non-hydrogen) atoms. The van der Waals surface area contributed by atoms with Crippen LogP contribution in [0.25, 0.3) is 0 Å². The molecule has 3 rings (SSSR count). The largest absolute Gasteiger partial charge is 0.396 e. The van der Waals surface area contributed by atoms with Crippen molar-refractivity contribution in [3.8, 4) is 0 Å². The first-order valence-corrected chi connectivity index (χ1v) is 9.59. The quantitative estimate of drug-likeness (QED) is 0.797. The monoisotopic (exact) mass is 388 g/mol. The summed E-state index contributed by atoms with van der Waals surface area (Å²) in [5.74, 6) is 0. The zero-order valence-corrected chi connectivity index (χ0v) is 16.0. The van der Waals surface area contributed by atoms with Crippen LogP contribution in [0.5, 0.6) is 0 Å². The van der Waals surface area contributed by atoms with E-state index in [1.54, 1.807) is 12.4 Å². The summed E-state index contributed by atoms with van der Waals surface area (Å²) >= 11 is 6.01. The molecule has 7 heteroatoms. The number of hydrogen-bond acceptors (Lipinski definition) is 4. The van der Waals surface area contributed by atoms with Crippen LogP contribution in [0.15, 0.2) is 48.8 Å². The van der Waals surface area contributed by atoms with Gasteiger partial charge in [-0.1, -0.05) is 23.7 Å². The van der Waals surface area contributed by atoms with E-state index in [1.807, 2.05) is 41.3 Å². The number of aliphatic hydroxyl groups is 1. The van der Waals surface area contributed by atoms with Gasteiger partial charge in [-0.3, -0.25) is 9.88 Å². The number of urea groups is 1. The highest BCUT2D eigenvalue weighted by Gasteiger charge is 2.24. The Bertz CT molecular complexity index is 719. The van der Waals surface area contributed by atoms with Crippen molar-refractivity contribution < 1.29 is 9.90 Å². The number of amides is 2. The van der Waals surface area contributed by atoms with E-state index >= 15 is 0 Å². The molecule has 1 saturated heterocycles. The third-order valence-corrected chi connectivity index (χ3v) is 5.05. The van der Waals surface area contributed by atoms with E-state index < -0.39 is 0 Å². The van der Waals surface area contributed by atoms with E-state index in [2.05, 4.69) is 15.2 Å². The van der Waals surface area contributed by atoms with Crippen molar-refractivity contribution in [2.45, 2.75) is 12.5 Å². The number of carbonyl (C=O) groups excluding carboxylic acids is 1. The minimum atomic E-state index is -0.259. The first kappa shape index (κ1) is 19.6. The molecular weight excluding hydrogens is 364 g/mol. The molecule has 2 aromatic rings. The van der Waals surface area contributed by atoms with E-state index in [9.17, 15) is 4.79 Å². The van der Waals surface area contributed by atoms with Gasteiger partial charge >= 0.3 is 6.03 Å². The Hall–Kier alpha value is -2.15. The van der Waals surface area contributed by atoms with Crippen LogP contribution in [0.3, 0.4) is 0 Å². The van der Waals surface area contributed by atoms with Gasteiger partial charge in [0.15, 0.2) is 0 Å². The molecule has 1 aliphatic heterocycles. The van der Waals surface area contributed by atoms with Gasteiger partial charge in [0.2, 0.25) is 0 Å². The maximum Gasteiger partial charge on any atom is 0.318 e. The molecule has 1 aromatic carbocycles. The number of nitrogens with zero attached hydrogens (tertiary/aromatic N) is 3.